The van der Waals surface area contributed by atoms with Gasteiger partial charge < -0.3 is 9.45 Å². The number of halogens is 3. The number of quaternary nitrogens is 1. The SMILES string of the molecule is CCCCC1CC[NH+](C)CC1.O=S(=O)([O-])C(F)(F)F. The Kier molecular flexibility index (Phi) is 7.92. The smallest absolute Gasteiger partial charge is 0.485 e. The summed E-state index contributed by atoms with van der Waals surface area (Å²) in [6, 6.07) is 0. The summed E-state index contributed by atoms with van der Waals surface area (Å²) in [7, 11) is -3.77. The van der Waals surface area contributed by atoms with Crippen LogP contribution in [-0.4, -0.2) is 38.6 Å². The molecule has 0 aromatic heterocycles. The molecule has 19 heavy (non-hydrogen) atoms. The second-order valence-corrected chi connectivity index (χ2v) is 6.31. The maximum Gasteiger partial charge on any atom is 0.485 e. The molecule has 1 fully saturated rings. The first-order valence-corrected chi connectivity index (χ1v) is 7.82. The normalized spacial score (nSPS) is 24.5. The van der Waals surface area contributed by atoms with Crippen molar-refractivity contribution in [3.05, 3.63) is 0 Å². The fraction of sp³-hybridized carbons (Fsp3) is 1.00. The Morgan fingerprint density at radius 2 is 1.68 bits per heavy atom. The maximum atomic E-state index is 10.7. The van der Waals surface area contributed by atoms with Crippen LogP contribution in [0.1, 0.15) is 39.0 Å². The van der Waals surface area contributed by atoms with Crippen LogP contribution < -0.4 is 4.90 Å². The summed E-state index contributed by atoms with van der Waals surface area (Å²) in [5.41, 5.74) is -5.65. The molecule has 4 nitrogen and oxygen atoms in total. The molecule has 1 heterocycles. The molecule has 1 aliphatic rings. The van der Waals surface area contributed by atoms with Crippen molar-refractivity contribution >= 4 is 10.1 Å². The van der Waals surface area contributed by atoms with Gasteiger partial charge in [0.1, 0.15) is 0 Å². The Morgan fingerprint density at radius 3 is 2.00 bits per heavy atom. The van der Waals surface area contributed by atoms with Gasteiger partial charge >= 0.3 is 5.51 Å². The first-order chi connectivity index (χ1) is 8.58. The van der Waals surface area contributed by atoms with Crippen molar-refractivity contribution in [3.8, 4) is 0 Å². The molecule has 0 aromatic carbocycles. The molecule has 1 aliphatic heterocycles. The first-order valence-electron chi connectivity index (χ1n) is 6.41. The van der Waals surface area contributed by atoms with E-state index >= 15 is 0 Å². The summed E-state index contributed by atoms with van der Waals surface area (Å²) in [5, 5.41) is 0. The highest BCUT2D eigenvalue weighted by molar-refractivity contribution is 7.86. The van der Waals surface area contributed by atoms with Crippen LogP contribution in [0.15, 0.2) is 0 Å². The minimum Gasteiger partial charge on any atom is -0.741 e. The molecule has 0 bridgehead atoms. The lowest BCUT2D eigenvalue weighted by atomic mass is 9.92. The molecule has 0 saturated carbocycles. The number of piperidine rings is 1. The fourth-order valence-corrected chi connectivity index (χ4v) is 1.95. The maximum absolute atomic E-state index is 10.7. The van der Waals surface area contributed by atoms with Crippen LogP contribution in [0.4, 0.5) is 13.2 Å². The first kappa shape index (κ1) is 18.7. The molecule has 0 amide bonds. The van der Waals surface area contributed by atoms with E-state index in [9.17, 15) is 13.2 Å². The molecule has 1 saturated heterocycles. The summed E-state index contributed by atoms with van der Waals surface area (Å²) in [5.74, 6) is 1.07. The summed E-state index contributed by atoms with van der Waals surface area (Å²) in [4.78, 5) is 1.73. The largest absolute Gasteiger partial charge is 0.741 e. The third-order valence-electron chi connectivity index (χ3n) is 3.21. The minimum atomic E-state index is -6.09. The Hall–Kier alpha value is -0.340. The van der Waals surface area contributed by atoms with E-state index in [0.29, 0.717) is 0 Å². The van der Waals surface area contributed by atoms with E-state index in [0.717, 1.165) is 5.92 Å². The van der Waals surface area contributed by atoms with E-state index < -0.39 is 15.6 Å². The average molecular weight is 305 g/mol. The van der Waals surface area contributed by atoms with E-state index in [1.54, 1.807) is 4.90 Å². The van der Waals surface area contributed by atoms with Gasteiger partial charge in [-0.1, -0.05) is 26.2 Å². The highest BCUT2D eigenvalue weighted by Gasteiger charge is 2.36. The lowest BCUT2D eigenvalue weighted by Gasteiger charge is -2.26. The van der Waals surface area contributed by atoms with Crippen LogP contribution in [0.25, 0.3) is 0 Å². The molecular weight excluding hydrogens is 283 g/mol. The average Bonchev–Trinajstić information content (AvgIpc) is 2.26. The van der Waals surface area contributed by atoms with E-state index in [2.05, 4.69) is 14.0 Å². The highest BCUT2D eigenvalue weighted by Crippen LogP contribution is 2.20. The van der Waals surface area contributed by atoms with Crippen molar-refractivity contribution in [1.82, 2.24) is 0 Å². The van der Waals surface area contributed by atoms with Crippen molar-refractivity contribution in [2.24, 2.45) is 5.92 Å². The van der Waals surface area contributed by atoms with Crippen molar-refractivity contribution in [2.75, 3.05) is 20.1 Å². The predicted molar refractivity (Wildman–Crippen MR) is 64.6 cm³/mol. The molecule has 1 rings (SSSR count). The number of likely N-dealkylation sites (tertiary alicyclic amines) is 1. The second kappa shape index (κ2) is 8.06. The number of hydrogen-bond donors (Lipinski definition) is 1. The summed E-state index contributed by atoms with van der Waals surface area (Å²) in [6.07, 6.45) is 7.27. The summed E-state index contributed by atoms with van der Waals surface area (Å²) in [6.45, 7) is 5.11. The molecule has 0 spiro atoms. The van der Waals surface area contributed by atoms with Gasteiger partial charge in [0, 0.05) is 0 Å². The lowest BCUT2D eigenvalue weighted by Crippen LogP contribution is -3.10. The zero-order valence-corrected chi connectivity index (χ0v) is 12.1. The van der Waals surface area contributed by atoms with Crippen molar-refractivity contribution < 1.29 is 31.0 Å². The second-order valence-electron chi connectivity index (χ2n) is 4.94. The number of hydrogen-bond acceptors (Lipinski definition) is 3. The van der Waals surface area contributed by atoms with Gasteiger partial charge in [0.2, 0.25) is 0 Å². The molecule has 0 aromatic rings. The van der Waals surface area contributed by atoms with Crippen molar-refractivity contribution in [3.63, 3.8) is 0 Å². The Labute approximate surface area is 112 Å². The van der Waals surface area contributed by atoms with E-state index in [4.69, 9.17) is 13.0 Å². The van der Waals surface area contributed by atoms with Gasteiger partial charge in [0.05, 0.1) is 20.1 Å². The van der Waals surface area contributed by atoms with Gasteiger partial charge in [0.25, 0.3) is 0 Å². The fourth-order valence-electron chi connectivity index (χ4n) is 1.95. The summed E-state index contributed by atoms with van der Waals surface area (Å²) >= 11 is 0. The van der Waals surface area contributed by atoms with E-state index in [-0.39, 0.29) is 0 Å². The lowest BCUT2D eigenvalue weighted by molar-refractivity contribution is -0.886. The van der Waals surface area contributed by atoms with E-state index in [1.165, 1.54) is 45.2 Å². The van der Waals surface area contributed by atoms with Crippen LogP contribution in [0.2, 0.25) is 0 Å². The molecule has 0 unspecified atom stereocenters. The molecule has 116 valence electrons. The van der Waals surface area contributed by atoms with Gasteiger partial charge in [0.15, 0.2) is 10.1 Å². The highest BCUT2D eigenvalue weighted by atomic mass is 32.2. The van der Waals surface area contributed by atoms with Gasteiger partial charge in [-0.2, -0.15) is 13.2 Å². The monoisotopic (exact) mass is 305 g/mol. The topological polar surface area (TPSA) is 61.6 Å². The third kappa shape index (κ3) is 8.43. The summed E-state index contributed by atoms with van der Waals surface area (Å²) < 4.78 is 58.9. The molecule has 0 radical (unpaired) electrons. The van der Waals surface area contributed by atoms with E-state index in [1.807, 2.05) is 0 Å². The molecule has 0 atom stereocenters. The number of alkyl halides is 3. The zero-order valence-electron chi connectivity index (χ0n) is 11.3. The number of nitrogens with one attached hydrogen (secondary N) is 1. The Bertz CT molecular complexity index is 333. The minimum absolute atomic E-state index is 1.07. The number of unbranched alkanes of at least 4 members (excludes halogenated alkanes) is 1. The van der Waals surface area contributed by atoms with Crippen LogP contribution in [0, 0.1) is 5.92 Å². The van der Waals surface area contributed by atoms with Crippen LogP contribution in [0.5, 0.6) is 0 Å². The quantitative estimate of drug-likeness (QED) is 0.628. The van der Waals surface area contributed by atoms with Crippen LogP contribution in [-0.2, 0) is 10.1 Å². The molecular formula is C11H22F3NO3S. The van der Waals surface area contributed by atoms with Gasteiger partial charge in [-0.05, 0) is 18.8 Å². The van der Waals surface area contributed by atoms with Crippen molar-refractivity contribution in [2.45, 2.75) is 44.5 Å². The zero-order chi connectivity index (χ0) is 15.1. The Morgan fingerprint density at radius 1 is 1.26 bits per heavy atom. The van der Waals surface area contributed by atoms with Crippen LogP contribution in [0.3, 0.4) is 0 Å². The van der Waals surface area contributed by atoms with Crippen LogP contribution >= 0.6 is 0 Å². The Balaban J connectivity index is 0.000000362. The van der Waals surface area contributed by atoms with Gasteiger partial charge in [-0.3, -0.25) is 0 Å². The van der Waals surface area contributed by atoms with Crippen molar-refractivity contribution in [1.29, 1.82) is 0 Å². The molecule has 0 aliphatic carbocycles. The van der Waals surface area contributed by atoms with Gasteiger partial charge in [-0.25, -0.2) is 8.42 Å². The van der Waals surface area contributed by atoms with Gasteiger partial charge in [-0.15, -0.1) is 0 Å². The molecule has 8 heteroatoms. The molecule has 1 N–H and O–H groups in total. The standard InChI is InChI=1S/C10H21N.CHF3O3S/c1-3-4-5-10-6-8-11(2)9-7-10;2-1(3,4)8(5,6)7/h10H,3-9H2,1-2H3;(H,5,6,7). The third-order valence-corrected chi connectivity index (χ3v) is 3.78. The predicted octanol–water partition coefficient (Wildman–Crippen LogP) is 1.15. The number of rotatable bonds is 3.